The number of allylic oxidation sites excluding steroid dienone is 22. The summed E-state index contributed by atoms with van der Waals surface area (Å²) in [5, 5.41) is 0. The van der Waals surface area contributed by atoms with Gasteiger partial charge in [0.25, 0.3) is 0 Å². The molecule has 0 saturated heterocycles. The van der Waals surface area contributed by atoms with Gasteiger partial charge in [-0.15, -0.1) is 0 Å². The largest absolute Gasteiger partial charge is 0.462 e. The molecule has 0 radical (unpaired) electrons. The van der Waals surface area contributed by atoms with Crippen molar-refractivity contribution in [3.63, 3.8) is 0 Å². The van der Waals surface area contributed by atoms with Crippen LogP contribution in [-0.2, 0) is 28.6 Å². The summed E-state index contributed by atoms with van der Waals surface area (Å²) in [5.41, 5.74) is 0. The summed E-state index contributed by atoms with van der Waals surface area (Å²) in [6.45, 7) is 6.38. The van der Waals surface area contributed by atoms with Crippen LogP contribution in [0.3, 0.4) is 0 Å². The number of hydrogen-bond donors (Lipinski definition) is 0. The van der Waals surface area contributed by atoms with E-state index in [4.69, 9.17) is 14.2 Å². The first kappa shape index (κ1) is 68.6. The van der Waals surface area contributed by atoms with Crippen LogP contribution in [-0.4, -0.2) is 37.2 Å². The Hall–Kier alpha value is -4.45. The minimum absolute atomic E-state index is 0.0891. The molecule has 0 aliphatic carbocycles. The molecule has 0 fully saturated rings. The second-order valence-corrected chi connectivity index (χ2v) is 19.2. The van der Waals surface area contributed by atoms with Crippen molar-refractivity contribution < 1.29 is 28.6 Å². The zero-order valence-corrected chi connectivity index (χ0v) is 47.1. The Morgan fingerprint density at radius 1 is 0.288 bits per heavy atom. The van der Waals surface area contributed by atoms with E-state index < -0.39 is 6.10 Å². The molecule has 0 aliphatic rings. The van der Waals surface area contributed by atoms with E-state index >= 15 is 0 Å². The van der Waals surface area contributed by atoms with Gasteiger partial charge in [-0.2, -0.15) is 0 Å². The average molecular weight is 1010 g/mol. The van der Waals surface area contributed by atoms with Crippen LogP contribution in [0.15, 0.2) is 134 Å². The van der Waals surface area contributed by atoms with E-state index in [1.54, 1.807) is 0 Å². The number of hydrogen-bond acceptors (Lipinski definition) is 6. The lowest BCUT2D eigenvalue weighted by Gasteiger charge is -2.18. The molecule has 0 bridgehead atoms. The Morgan fingerprint density at radius 2 is 0.562 bits per heavy atom. The predicted octanol–water partition coefficient (Wildman–Crippen LogP) is 20.2. The molecule has 0 aliphatic heterocycles. The number of esters is 3. The molecule has 1 unspecified atom stereocenters. The zero-order valence-electron chi connectivity index (χ0n) is 47.1. The molecule has 0 amide bonds. The third-order valence-electron chi connectivity index (χ3n) is 12.1. The third kappa shape index (κ3) is 58.3. The fourth-order valence-corrected chi connectivity index (χ4v) is 7.71. The van der Waals surface area contributed by atoms with Crippen molar-refractivity contribution in [2.75, 3.05) is 13.2 Å². The molecule has 0 saturated carbocycles. The van der Waals surface area contributed by atoms with E-state index in [2.05, 4.69) is 154 Å². The van der Waals surface area contributed by atoms with Gasteiger partial charge >= 0.3 is 17.9 Å². The molecule has 0 aromatic rings. The first-order valence-electron chi connectivity index (χ1n) is 29.7. The topological polar surface area (TPSA) is 78.9 Å². The van der Waals surface area contributed by atoms with Crippen molar-refractivity contribution in [2.45, 2.75) is 258 Å². The van der Waals surface area contributed by atoms with Gasteiger partial charge < -0.3 is 14.2 Å². The van der Waals surface area contributed by atoms with E-state index in [1.165, 1.54) is 57.8 Å². The van der Waals surface area contributed by atoms with Crippen molar-refractivity contribution in [1.82, 2.24) is 0 Å². The Bertz CT molecular complexity index is 1580. The monoisotopic (exact) mass is 1010 g/mol. The first-order chi connectivity index (χ1) is 36.0. The second-order valence-electron chi connectivity index (χ2n) is 19.2. The normalized spacial score (nSPS) is 13.1. The Labute approximate surface area is 449 Å². The van der Waals surface area contributed by atoms with Crippen molar-refractivity contribution in [1.29, 1.82) is 0 Å². The van der Waals surface area contributed by atoms with Crippen LogP contribution in [0, 0.1) is 0 Å². The lowest BCUT2D eigenvalue weighted by Crippen LogP contribution is -2.30. The fourth-order valence-electron chi connectivity index (χ4n) is 7.71. The van der Waals surface area contributed by atoms with Crippen LogP contribution < -0.4 is 0 Å². The van der Waals surface area contributed by atoms with Gasteiger partial charge in [0.2, 0.25) is 0 Å². The van der Waals surface area contributed by atoms with Crippen LogP contribution in [0.25, 0.3) is 0 Å². The molecule has 0 aromatic carbocycles. The summed E-state index contributed by atoms with van der Waals surface area (Å²) in [4.78, 5) is 37.9. The molecular formula is C67H108O6. The molecule has 412 valence electrons. The summed E-state index contributed by atoms with van der Waals surface area (Å²) in [6, 6.07) is 0. The standard InChI is InChI=1S/C67H108O6/c1-4-7-10-13-16-18-20-22-23-24-25-26-27-28-29-30-31-32-33-34-35-36-37-38-39-40-41-42-43-45-46-48-51-54-57-60-66(69)72-63-64(62-71-65(68)59-56-53-50-15-12-9-6-3)73-67(70)61-58-55-52-49-47-44-21-19-17-14-11-8-5-2/h7,10-11,14,16,18-19,21-23,25-26,28-29,31-32,34-35,37-38,40-41,64H,4-6,8-9,12-13,15,17,20,24,27,30,33,36,39,42-63H2,1-3H3/b10-7-,14-11-,18-16-,21-19-,23-22-,26-25-,29-28-,32-31-,35-34-,38-37-,41-40-. The lowest BCUT2D eigenvalue weighted by molar-refractivity contribution is -0.167. The Morgan fingerprint density at radius 3 is 0.890 bits per heavy atom. The molecule has 6 nitrogen and oxygen atoms in total. The van der Waals surface area contributed by atoms with E-state index in [0.717, 1.165) is 154 Å². The SMILES string of the molecule is CC/C=C\C/C=C\C/C=C\C/C=C\C/C=C\C/C=C\C/C=C\C/C=C\C/C=C\CCCCCCCCCC(=O)OCC(COC(=O)CCCCCCCCC)OC(=O)CCCCCCC/C=C\C/C=C\CCC. The van der Waals surface area contributed by atoms with E-state index in [1.807, 2.05) is 0 Å². The van der Waals surface area contributed by atoms with Crippen LogP contribution >= 0.6 is 0 Å². The maximum Gasteiger partial charge on any atom is 0.306 e. The summed E-state index contributed by atoms with van der Waals surface area (Å²) in [7, 11) is 0. The van der Waals surface area contributed by atoms with Gasteiger partial charge in [0, 0.05) is 19.3 Å². The van der Waals surface area contributed by atoms with Crippen molar-refractivity contribution in [3.05, 3.63) is 134 Å². The summed E-state index contributed by atoms with van der Waals surface area (Å²) in [6.07, 6.45) is 84.8. The minimum Gasteiger partial charge on any atom is -0.462 e. The molecule has 6 heteroatoms. The van der Waals surface area contributed by atoms with Gasteiger partial charge in [-0.1, -0.05) is 251 Å². The van der Waals surface area contributed by atoms with Gasteiger partial charge in [-0.05, 0) is 116 Å². The van der Waals surface area contributed by atoms with Crippen LogP contribution in [0.2, 0.25) is 0 Å². The zero-order chi connectivity index (χ0) is 52.9. The Kier molecular flexibility index (Phi) is 56.4. The van der Waals surface area contributed by atoms with Crippen molar-refractivity contribution >= 4 is 17.9 Å². The highest BCUT2D eigenvalue weighted by Gasteiger charge is 2.19. The van der Waals surface area contributed by atoms with Gasteiger partial charge in [0.05, 0.1) is 0 Å². The quantitative estimate of drug-likeness (QED) is 0.0261. The van der Waals surface area contributed by atoms with Gasteiger partial charge in [0.15, 0.2) is 6.10 Å². The highest BCUT2D eigenvalue weighted by molar-refractivity contribution is 5.71. The number of rotatable bonds is 52. The van der Waals surface area contributed by atoms with Gasteiger partial charge in [0.1, 0.15) is 13.2 Å². The second kappa shape index (κ2) is 60.1. The molecule has 0 heterocycles. The van der Waals surface area contributed by atoms with Gasteiger partial charge in [-0.25, -0.2) is 0 Å². The number of carbonyl (C=O) groups is 3. The van der Waals surface area contributed by atoms with E-state index in [0.29, 0.717) is 19.3 Å². The molecular weight excluding hydrogens is 901 g/mol. The molecule has 1 atom stereocenters. The maximum absolute atomic E-state index is 12.8. The van der Waals surface area contributed by atoms with Gasteiger partial charge in [-0.3, -0.25) is 14.4 Å². The first-order valence-corrected chi connectivity index (χ1v) is 29.7. The molecule has 0 rings (SSSR count). The fraction of sp³-hybridized carbons (Fsp3) is 0.627. The summed E-state index contributed by atoms with van der Waals surface area (Å²) < 4.78 is 16.7. The number of unbranched alkanes of at least 4 members (excludes halogenated alkanes) is 19. The van der Waals surface area contributed by atoms with Crippen molar-refractivity contribution in [2.24, 2.45) is 0 Å². The van der Waals surface area contributed by atoms with Crippen molar-refractivity contribution in [3.8, 4) is 0 Å². The molecule has 0 spiro atoms. The molecule has 0 N–H and O–H groups in total. The molecule has 73 heavy (non-hydrogen) atoms. The van der Waals surface area contributed by atoms with Crippen LogP contribution in [0.5, 0.6) is 0 Å². The van der Waals surface area contributed by atoms with E-state index in [-0.39, 0.29) is 31.1 Å². The summed E-state index contributed by atoms with van der Waals surface area (Å²) >= 11 is 0. The van der Waals surface area contributed by atoms with Crippen LogP contribution in [0.4, 0.5) is 0 Å². The summed E-state index contributed by atoms with van der Waals surface area (Å²) in [5.74, 6) is -0.927. The Balaban J connectivity index is 4.13. The lowest BCUT2D eigenvalue weighted by atomic mass is 10.1. The number of ether oxygens (including phenoxy) is 3. The third-order valence-corrected chi connectivity index (χ3v) is 12.1. The van der Waals surface area contributed by atoms with E-state index in [9.17, 15) is 14.4 Å². The highest BCUT2D eigenvalue weighted by Crippen LogP contribution is 2.14. The highest BCUT2D eigenvalue weighted by atomic mass is 16.6. The minimum atomic E-state index is -0.789. The maximum atomic E-state index is 12.8. The van der Waals surface area contributed by atoms with Crippen LogP contribution in [0.1, 0.15) is 252 Å². The predicted molar refractivity (Wildman–Crippen MR) is 316 cm³/mol. The molecule has 0 aromatic heterocycles. The number of carbonyl (C=O) groups excluding carboxylic acids is 3. The average Bonchev–Trinajstić information content (AvgIpc) is 3.39. The smallest absolute Gasteiger partial charge is 0.306 e.